The van der Waals surface area contributed by atoms with Gasteiger partial charge in [0, 0.05) is 38.6 Å². The SMILES string of the molecule is Cn1ccnc1CN(C(=O)COC1CNC1)C1CC12CCNCC2. The van der Waals surface area contributed by atoms with E-state index in [9.17, 15) is 4.79 Å². The summed E-state index contributed by atoms with van der Waals surface area (Å²) >= 11 is 0. The minimum absolute atomic E-state index is 0.102. The Labute approximate surface area is 142 Å². The predicted molar refractivity (Wildman–Crippen MR) is 89.3 cm³/mol. The van der Waals surface area contributed by atoms with Gasteiger partial charge >= 0.3 is 0 Å². The lowest BCUT2D eigenvalue weighted by molar-refractivity contribution is -0.141. The minimum atomic E-state index is 0.102. The number of imidazole rings is 1. The predicted octanol–water partition coefficient (Wildman–Crippen LogP) is -0.121. The molecule has 1 saturated carbocycles. The second-order valence-corrected chi connectivity index (χ2v) is 7.40. The highest BCUT2D eigenvalue weighted by atomic mass is 16.5. The van der Waals surface area contributed by atoms with E-state index in [1.165, 1.54) is 0 Å². The first-order chi connectivity index (χ1) is 11.7. The summed E-state index contributed by atoms with van der Waals surface area (Å²) in [5.74, 6) is 1.04. The molecule has 1 amide bonds. The molecule has 3 aliphatic rings. The molecule has 4 rings (SSSR count). The number of ether oxygens (including phenoxy) is 1. The maximum Gasteiger partial charge on any atom is 0.249 e. The molecule has 2 aliphatic heterocycles. The maximum atomic E-state index is 12.9. The van der Waals surface area contributed by atoms with Gasteiger partial charge in [-0.2, -0.15) is 0 Å². The quantitative estimate of drug-likeness (QED) is 0.759. The van der Waals surface area contributed by atoms with E-state index in [1.54, 1.807) is 6.20 Å². The average Bonchev–Trinajstić information content (AvgIpc) is 3.04. The second kappa shape index (κ2) is 6.46. The lowest BCUT2D eigenvalue weighted by Gasteiger charge is -2.31. The van der Waals surface area contributed by atoms with Gasteiger partial charge in [0.2, 0.25) is 5.91 Å². The minimum Gasteiger partial charge on any atom is -0.366 e. The highest BCUT2D eigenvalue weighted by molar-refractivity contribution is 5.78. The molecule has 3 heterocycles. The summed E-state index contributed by atoms with van der Waals surface area (Å²) in [5, 5.41) is 6.60. The van der Waals surface area contributed by atoms with Gasteiger partial charge in [-0.3, -0.25) is 4.79 Å². The fourth-order valence-corrected chi connectivity index (χ4v) is 3.95. The molecule has 1 unspecified atom stereocenters. The van der Waals surface area contributed by atoms with Crippen molar-refractivity contribution in [3.63, 3.8) is 0 Å². The number of hydrogen-bond acceptors (Lipinski definition) is 5. The zero-order valence-corrected chi connectivity index (χ0v) is 14.3. The molecule has 7 heteroatoms. The fourth-order valence-electron chi connectivity index (χ4n) is 3.95. The summed E-state index contributed by atoms with van der Waals surface area (Å²) in [5.41, 5.74) is 0.324. The van der Waals surface area contributed by atoms with Crippen molar-refractivity contribution in [3.05, 3.63) is 18.2 Å². The molecule has 2 N–H and O–H groups in total. The number of hydrogen-bond donors (Lipinski definition) is 2. The highest BCUT2D eigenvalue weighted by Gasteiger charge is 2.57. The fraction of sp³-hybridized carbons (Fsp3) is 0.765. The van der Waals surface area contributed by atoms with Crippen molar-refractivity contribution in [2.45, 2.75) is 38.0 Å². The molecular weight excluding hydrogens is 306 g/mol. The standard InChI is InChI=1S/C17H27N5O2/c1-21-7-6-20-15(21)11-22(16(23)12-24-13-9-19-10-13)14-8-17(14)2-4-18-5-3-17/h6-7,13-14,18-19H,2-5,8-12H2,1H3. The number of amides is 1. The molecular formula is C17H27N5O2. The zero-order valence-electron chi connectivity index (χ0n) is 14.3. The third-order valence-electron chi connectivity index (χ3n) is 5.86. The maximum absolute atomic E-state index is 12.9. The van der Waals surface area contributed by atoms with Gasteiger partial charge in [0.15, 0.2) is 0 Å². The smallest absolute Gasteiger partial charge is 0.249 e. The Morgan fingerprint density at radius 1 is 1.42 bits per heavy atom. The Bertz CT molecular complexity index is 592. The molecule has 1 atom stereocenters. The van der Waals surface area contributed by atoms with Crippen molar-refractivity contribution in [3.8, 4) is 0 Å². The molecule has 0 bridgehead atoms. The van der Waals surface area contributed by atoms with Crippen molar-refractivity contribution in [2.24, 2.45) is 12.5 Å². The van der Waals surface area contributed by atoms with Crippen LogP contribution in [0.1, 0.15) is 25.1 Å². The van der Waals surface area contributed by atoms with Crippen LogP contribution in [0.4, 0.5) is 0 Å². The summed E-state index contributed by atoms with van der Waals surface area (Å²) in [6.07, 6.45) is 7.36. The van der Waals surface area contributed by atoms with E-state index in [0.29, 0.717) is 18.0 Å². The van der Waals surface area contributed by atoms with E-state index < -0.39 is 0 Å². The molecule has 7 nitrogen and oxygen atoms in total. The summed E-state index contributed by atoms with van der Waals surface area (Å²) in [4.78, 5) is 19.3. The first kappa shape index (κ1) is 16.1. The molecule has 1 aliphatic carbocycles. The van der Waals surface area contributed by atoms with Crippen molar-refractivity contribution >= 4 is 5.91 Å². The molecule has 0 aromatic carbocycles. The van der Waals surface area contributed by atoms with E-state index in [4.69, 9.17) is 4.74 Å². The van der Waals surface area contributed by atoms with Gasteiger partial charge in [0.05, 0.1) is 12.6 Å². The van der Waals surface area contributed by atoms with Gasteiger partial charge in [-0.1, -0.05) is 0 Å². The number of aryl methyl sites for hydroxylation is 1. The Morgan fingerprint density at radius 2 is 2.21 bits per heavy atom. The van der Waals surface area contributed by atoms with Gasteiger partial charge in [-0.05, 0) is 37.8 Å². The van der Waals surface area contributed by atoms with Gasteiger partial charge < -0.3 is 24.8 Å². The van der Waals surface area contributed by atoms with Crippen LogP contribution in [-0.4, -0.2) is 65.3 Å². The first-order valence-corrected chi connectivity index (χ1v) is 8.97. The van der Waals surface area contributed by atoms with Crippen LogP contribution in [0.25, 0.3) is 0 Å². The van der Waals surface area contributed by atoms with E-state index in [1.807, 2.05) is 22.7 Å². The second-order valence-electron chi connectivity index (χ2n) is 7.40. The Hall–Kier alpha value is -1.44. The van der Waals surface area contributed by atoms with Crippen molar-refractivity contribution in [2.75, 3.05) is 32.8 Å². The van der Waals surface area contributed by atoms with Crippen LogP contribution < -0.4 is 10.6 Å². The number of piperidine rings is 1. The summed E-state index contributed by atoms with van der Waals surface area (Å²) in [6.45, 7) is 4.59. The van der Waals surface area contributed by atoms with Crippen molar-refractivity contribution < 1.29 is 9.53 Å². The molecule has 1 aromatic heterocycles. The number of nitrogens with one attached hydrogen (secondary N) is 2. The lowest BCUT2D eigenvalue weighted by atomic mass is 9.93. The largest absolute Gasteiger partial charge is 0.366 e. The first-order valence-electron chi connectivity index (χ1n) is 8.97. The molecule has 24 heavy (non-hydrogen) atoms. The summed E-state index contributed by atoms with van der Waals surface area (Å²) in [6, 6.07) is 0.340. The number of rotatable bonds is 6. The summed E-state index contributed by atoms with van der Waals surface area (Å²) < 4.78 is 7.73. The average molecular weight is 333 g/mol. The molecule has 1 spiro atoms. The Morgan fingerprint density at radius 3 is 2.83 bits per heavy atom. The topological polar surface area (TPSA) is 71.4 Å². The zero-order chi connectivity index (χ0) is 16.6. The van der Waals surface area contributed by atoms with Crippen LogP contribution in [0.2, 0.25) is 0 Å². The Kier molecular flexibility index (Phi) is 4.32. The van der Waals surface area contributed by atoms with E-state index in [2.05, 4.69) is 15.6 Å². The van der Waals surface area contributed by atoms with Crippen LogP contribution in [0, 0.1) is 5.41 Å². The molecule has 3 fully saturated rings. The van der Waals surface area contributed by atoms with Gasteiger partial charge in [-0.15, -0.1) is 0 Å². The molecule has 1 aromatic rings. The van der Waals surface area contributed by atoms with Crippen LogP contribution >= 0.6 is 0 Å². The normalized spacial score (nSPS) is 25.5. The van der Waals surface area contributed by atoms with E-state index in [0.717, 1.165) is 51.3 Å². The Balaban J connectivity index is 1.44. The lowest BCUT2D eigenvalue weighted by Crippen LogP contribution is -2.50. The summed E-state index contributed by atoms with van der Waals surface area (Å²) in [7, 11) is 1.98. The van der Waals surface area contributed by atoms with Gasteiger partial charge in [0.1, 0.15) is 12.4 Å². The van der Waals surface area contributed by atoms with Crippen LogP contribution in [0.5, 0.6) is 0 Å². The van der Waals surface area contributed by atoms with Crippen LogP contribution in [-0.2, 0) is 23.1 Å². The van der Waals surface area contributed by atoms with E-state index in [-0.39, 0.29) is 18.6 Å². The number of carbonyl (C=O) groups is 1. The van der Waals surface area contributed by atoms with Crippen LogP contribution in [0.15, 0.2) is 12.4 Å². The van der Waals surface area contributed by atoms with E-state index >= 15 is 0 Å². The van der Waals surface area contributed by atoms with Crippen LogP contribution in [0.3, 0.4) is 0 Å². The molecule has 132 valence electrons. The van der Waals surface area contributed by atoms with Crippen molar-refractivity contribution in [1.82, 2.24) is 25.1 Å². The highest BCUT2D eigenvalue weighted by Crippen LogP contribution is 2.56. The van der Waals surface area contributed by atoms with Gasteiger partial charge in [-0.25, -0.2) is 4.98 Å². The molecule has 2 saturated heterocycles. The third-order valence-corrected chi connectivity index (χ3v) is 5.86. The number of aromatic nitrogens is 2. The third kappa shape index (κ3) is 3.08. The number of carbonyl (C=O) groups excluding carboxylic acids is 1. The van der Waals surface area contributed by atoms with Crippen molar-refractivity contribution in [1.29, 1.82) is 0 Å². The monoisotopic (exact) mass is 333 g/mol. The number of nitrogens with zero attached hydrogens (tertiary/aromatic N) is 3. The van der Waals surface area contributed by atoms with Gasteiger partial charge in [0.25, 0.3) is 0 Å². The molecule has 0 radical (unpaired) electrons.